The van der Waals surface area contributed by atoms with E-state index in [-0.39, 0.29) is 17.9 Å². The van der Waals surface area contributed by atoms with Crippen LogP contribution in [0.15, 0.2) is 40.2 Å². The van der Waals surface area contributed by atoms with E-state index in [0.717, 1.165) is 31.8 Å². The predicted octanol–water partition coefficient (Wildman–Crippen LogP) is 2.17. The van der Waals surface area contributed by atoms with E-state index in [0.29, 0.717) is 24.0 Å². The quantitative estimate of drug-likeness (QED) is 0.797. The van der Waals surface area contributed by atoms with Gasteiger partial charge in [0.05, 0.1) is 17.0 Å². The van der Waals surface area contributed by atoms with Gasteiger partial charge in [0.2, 0.25) is 10.0 Å². The number of amidine groups is 1. The van der Waals surface area contributed by atoms with E-state index in [9.17, 15) is 8.42 Å². The molecular formula is C19H29ClN4O2S. The monoisotopic (exact) mass is 412 g/mol. The van der Waals surface area contributed by atoms with E-state index in [1.807, 2.05) is 6.07 Å². The molecule has 27 heavy (non-hydrogen) atoms. The fourth-order valence-corrected chi connectivity index (χ4v) is 5.87. The second-order valence-corrected chi connectivity index (χ2v) is 9.52. The van der Waals surface area contributed by atoms with Gasteiger partial charge in [0, 0.05) is 25.7 Å². The number of rotatable bonds is 3. The molecule has 6 nitrogen and oxygen atoms in total. The van der Waals surface area contributed by atoms with Gasteiger partial charge in [-0.3, -0.25) is 4.99 Å². The van der Waals surface area contributed by atoms with Crippen LogP contribution in [-0.4, -0.2) is 56.3 Å². The van der Waals surface area contributed by atoms with Crippen molar-refractivity contribution in [2.45, 2.75) is 55.0 Å². The number of aliphatic imine (C=N–C) groups is 1. The van der Waals surface area contributed by atoms with Crippen LogP contribution in [0.25, 0.3) is 0 Å². The second-order valence-electron chi connectivity index (χ2n) is 7.58. The summed E-state index contributed by atoms with van der Waals surface area (Å²) in [7, 11) is -3.41. The highest BCUT2D eigenvalue weighted by molar-refractivity contribution is 7.89. The number of benzene rings is 1. The SMILES string of the molecule is Cl.O=S(=O)(c1ccccc1)N1CCC2(CC1)NCCN=C2NC1CCCC1. The summed E-state index contributed by atoms with van der Waals surface area (Å²) in [6, 6.07) is 9.26. The Morgan fingerprint density at radius 3 is 2.44 bits per heavy atom. The highest BCUT2D eigenvalue weighted by atomic mass is 35.5. The minimum atomic E-state index is -3.41. The van der Waals surface area contributed by atoms with Crippen LogP contribution < -0.4 is 10.6 Å². The summed E-state index contributed by atoms with van der Waals surface area (Å²) >= 11 is 0. The van der Waals surface area contributed by atoms with E-state index in [1.165, 1.54) is 25.7 Å². The Labute approximate surface area is 168 Å². The van der Waals surface area contributed by atoms with E-state index < -0.39 is 10.0 Å². The summed E-state index contributed by atoms with van der Waals surface area (Å²) in [5.41, 5.74) is -0.191. The van der Waals surface area contributed by atoms with Gasteiger partial charge in [-0.1, -0.05) is 31.0 Å². The van der Waals surface area contributed by atoms with Gasteiger partial charge in [0.1, 0.15) is 5.84 Å². The number of nitrogens with zero attached hydrogens (tertiary/aromatic N) is 2. The third-order valence-electron chi connectivity index (χ3n) is 5.95. The Morgan fingerprint density at radius 2 is 1.78 bits per heavy atom. The Kier molecular flexibility index (Phi) is 6.46. The minimum absolute atomic E-state index is 0. The zero-order valence-corrected chi connectivity index (χ0v) is 17.2. The predicted molar refractivity (Wildman–Crippen MR) is 110 cm³/mol. The second kappa shape index (κ2) is 8.47. The molecule has 1 aliphatic carbocycles. The summed E-state index contributed by atoms with van der Waals surface area (Å²) in [6.45, 7) is 2.70. The molecule has 8 heteroatoms. The van der Waals surface area contributed by atoms with Gasteiger partial charge in [-0.25, -0.2) is 8.42 Å². The van der Waals surface area contributed by atoms with Crippen LogP contribution in [0.2, 0.25) is 0 Å². The lowest BCUT2D eigenvalue weighted by Crippen LogP contribution is -2.65. The van der Waals surface area contributed by atoms with Gasteiger partial charge in [-0.05, 0) is 37.8 Å². The lowest BCUT2D eigenvalue weighted by molar-refractivity contribution is 0.240. The highest BCUT2D eigenvalue weighted by Crippen LogP contribution is 2.30. The molecule has 1 spiro atoms. The van der Waals surface area contributed by atoms with Crippen LogP contribution in [0.5, 0.6) is 0 Å². The lowest BCUT2D eigenvalue weighted by Gasteiger charge is -2.45. The Bertz CT molecular complexity index is 755. The van der Waals surface area contributed by atoms with E-state index in [4.69, 9.17) is 4.99 Å². The maximum absolute atomic E-state index is 12.9. The number of sulfonamides is 1. The van der Waals surface area contributed by atoms with Crippen LogP contribution in [0.3, 0.4) is 0 Å². The van der Waals surface area contributed by atoms with Gasteiger partial charge in [-0.15, -0.1) is 12.4 Å². The van der Waals surface area contributed by atoms with Crippen molar-refractivity contribution in [3.8, 4) is 0 Å². The fraction of sp³-hybridized carbons (Fsp3) is 0.632. The van der Waals surface area contributed by atoms with Crippen LogP contribution >= 0.6 is 12.4 Å². The van der Waals surface area contributed by atoms with Crippen molar-refractivity contribution in [1.82, 2.24) is 14.9 Å². The number of hydrogen-bond donors (Lipinski definition) is 2. The molecule has 2 fully saturated rings. The van der Waals surface area contributed by atoms with Crippen molar-refractivity contribution in [2.24, 2.45) is 4.99 Å². The topological polar surface area (TPSA) is 73.8 Å². The Balaban J connectivity index is 0.00000210. The highest BCUT2D eigenvalue weighted by Gasteiger charge is 2.43. The Hall–Kier alpha value is -1.15. The number of piperidine rings is 1. The van der Waals surface area contributed by atoms with Crippen LogP contribution in [0.4, 0.5) is 0 Å². The number of halogens is 1. The summed E-state index contributed by atoms with van der Waals surface area (Å²) < 4.78 is 27.4. The average Bonchev–Trinajstić information content (AvgIpc) is 3.18. The molecule has 0 amide bonds. The fourth-order valence-electron chi connectivity index (χ4n) is 4.41. The molecule has 0 aromatic heterocycles. The van der Waals surface area contributed by atoms with E-state index >= 15 is 0 Å². The zero-order valence-electron chi connectivity index (χ0n) is 15.6. The molecule has 1 saturated heterocycles. The maximum atomic E-state index is 12.9. The molecule has 0 radical (unpaired) electrons. The number of nitrogens with one attached hydrogen (secondary N) is 2. The molecule has 1 aromatic carbocycles. The molecular weight excluding hydrogens is 384 g/mol. The summed E-state index contributed by atoms with van der Waals surface area (Å²) in [5.74, 6) is 1.06. The van der Waals surface area contributed by atoms with Crippen molar-refractivity contribution < 1.29 is 8.42 Å². The molecule has 1 saturated carbocycles. The molecule has 0 atom stereocenters. The summed E-state index contributed by atoms with van der Waals surface area (Å²) in [5, 5.41) is 7.34. The van der Waals surface area contributed by atoms with Gasteiger partial charge < -0.3 is 10.6 Å². The van der Waals surface area contributed by atoms with E-state index in [1.54, 1.807) is 28.6 Å². The average molecular weight is 413 g/mol. The minimum Gasteiger partial charge on any atom is -0.370 e. The van der Waals surface area contributed by atoms with Gasteiger partial charge >= 0.3 is 0 Å². The maximum Gasteiger partial charge on any atom is 0.243 e. The lowest BCUT2D eigenvalue weighted by atomic mass is 9.85. The molecule has 4 rings (SSSR count). The van der Waals surface area contributed by atoms with E-state index in [2.05, 4.69) is 10.6 Å². The van der Waals surface area contributed by atoms with Crippen molar-refractivity contribution in [3.05, 3.63) is 30.3 Å². The normalized spacial score (nSPS) is 23.6. The van der Waals surface area contributed by atoms with Crippen molar-refractivity contribution >= 4 is 28.3 Å². The molecule has 0 unspecified atom stereocenters. The third-order valence-corrected chi connectivity index (χ3v) is 7.86. The first-order valence-corrected chi connectivity index (χ1v) is 11.2. The van der Waals surface area contributed by atoms with Gasteiger partial charge in [0.15, 0.2) is 0 Å². The number of hydrogen-bond acceptors (Lipinski definition) is 5. The van der Waals surface area contributed by atoms with Gasteiger partial charge in [-0.2, -0.15) is 4.31 Å². The molecule has 2 N–H and O–H groups in total. The largest absolute Gasteiger partial charge is 0.370 e. The summed E-state index contributed by atoms with van der Waals surface area (Å²) in [6.07, 6.45) is 6.52. The van der Waals surface area contributed by atoms with Crippen molar-refractivity contribution in [2.75, 3.05) is 26.2 Å². The van der Waals surface area contributed by atoms with Crippen LogP contribution in [-0.2, 0) is 10.0 Å². The van der Waals surface area contributed by atoms with Crippen LogP contribution in [0.1, 0.15) is 38.5 Å². The molecule has 2 aliphatic heterocycles. The Morgan fingerprint density at radius 1 is 1.11 bits per heavy atom. The van der Waals surface area contributed by atoms with Crippen molar-refractivity contribution in [1.29, 1.82) is 0 Å². The first-order chi connectivity index (χ1) is 12.6. The molecule has 0 bridgehead atoms. The van der Waals surface area contributed by atoms with Crippen LogP contribution in [0, 0.1) is 0 Å². The first-order valence-electron chi connectivity index (χ1n) is 9.72. The molecule has 150 valence electrons. The molecule has 2 heterocycles. The zero-order chi connectivity index (χ0) is 18.0. The smallest absolute Gasteiger partial charge is 0.243 e. The third kappa shape index (κ3) is 4.16. The van der Waals surface area contributed by atoms with Gasteiger partial charge in [0.25, 0.3) is 0 Å². The molecule has 1 aromatic rings. The summed E-state index contributed by atoms with van der Waals surface area (Å²) in [4.78, 5) is 5.17. The standard InChI is InChI=1S/C19H28N4O2S.ClH/c24-26(25,17-8-2-1-3-9-17)23-14-10-19(11-15-23)18(20-12-13-21-19)22-16-6-4-5-7-16;/h1-3,8-9,16,21H,4-7,10-15H2,(H,20,22);1H. The first kappa shape index (κ1) is 20.6. The molecule has 3 aliphatic rings. The van der Waals surface area contributed by atoms with Crippen molar-refractivity contribution in [3.63, 3.8) is 0 Å².